The normalized spacial score (nSPS) is 10.4. The molecular formula is C15H12N2S. The second-order valence-electron chi connectivity index (χ2n) is 4.08. The molecule has 3 aromatic rings. The van der Waals surface area contributed by atoms with Gasteiger partial charge in [0.1, 0.15) is 0 Å². The van der Waals surface area contributed by atoms with Gasteiger partial charge in [-0.25, -0.2) is 0 Å². The van der Waals surface area contributed by atoms with Gasteiger partial charge < -0.3 is 0 Å². The molecule has 0 spiro atoms. The average molecular weight is 252 g/mol. The summed E-state index contributed by atoms with van der Waals surface area (Å²) in [7, 11) is 0. The molecule has 0 fully saturated rings. The molecule has 0 unspecified atom stereocenters. The number of nitrogens with zero attached hydrogens (tertiary/aromatic N) is 2. The van der Waals surface area contributed by atoms with E-state index in [0.29, 0.717) is 0 Å². The molecule has 1 heterocycles. The van der Waals surface area contributed by atoms with Crippen molar-refractivity contribution in [2.75, 3.05) is 0 Å². The smallest absolute Gasteiger partial charge is 0.0878 e. The molecule has 3 heteroatoms. The molecule has 0 N–H and O–H groups in total. The Hall–Kier alpha value is -2.00. The molecule has 0 aliphatic rings. The average Bonchev–Trinajstić information content (AvgIpc) is 2.89. The Morgan fingerprint density at radius 2 is 1.50 bits per heavy atom. The first-order chi connectivity index (χ1) is 8.93. The van der Waals surface area contributed by atoms with Crippen molar-refractivity contribution in [1.82, 2.24) is 9.59 Å². The van der Waals surface area contributed by atoms with Gasteiger partial charge in [0.15, 0.2) is 0 Å². The summed E-state index contributed by atoms with van der Waals surface area (Å²) in [6, 6.07) is 20.7. The monoisotopic (exact) mass is 252 g/mol. The molecule has 0 aliphatic heterocycles. The fraction of sp³-hybridized carbons (Fsp3) is 0.0667. The standard InChI is InChI=1S/C15H12N2S/c1-3-7-12(8-4-1)11-14-15(18-17-16-14)13-9-5-2-6-10-13/h1-10H,11H2. The molecule has 0 amide bonds. The number of rotatable bonds is 3. The largest absolute Gasteiger partial charge is 0.142 e. The van der Waals surface area contributed by atoms with Crippen molar-refractivity contribution in [2.45, 2.75) is 6.42 Å². The lowest BCUT2D eigenvalue weighted by Gasteiger charge is -2.01. The number of benzene rings is 2. The summed E-state index contributed by atoms with van der Waals surface area (Å²) in [4.78, 5) is 1.17. The molecule has 18 heavy (non-hydrogen) atoms. The summed E-state index contributed by atoms with van der Waals surface area (Å²) in [5.41, 5.74) is 3.51. The van der Waals surface area contributed by atoms with Gasteiger partial charge in [-0.1, -0.05) is 65.2 Å². The van der Waals surface area contributed by atoms with Crippen molar-refractivity contribution in [2.24, 2.45) is 0 Å². The highest BCUT2D eigenvalue weighted by atomic mass is 32.1. The highest BCUT2D eigenvalue weighted by molar-refractivity contribution is 7.09. The second kappa shape index (κ2) is 5.10. The van der Waals surface area contributed by atoms with E-state index in [2.05, 4.69) is 46.0 Å². The Morgan fingerprint density at radius 1 is 0.833 bits per heavy atom. The molecule has 1 aromatic heterocycles. The van der Waals surface area contributed by atoms with Gasteiger partial charge in [0.05, 0.1) is 10.6 Å². The van der Waals surface area contributed by atoms with Gasteiger partial charge in [-0.3, -0.25) is 0 Å². The zero-order valence-electron chi connectivity index (χ0n) is 9.78. The zero-order valence-corrected chi connectivity index (χ0v) is 10.6. The molecule has 3 rings (SSSR count). The predicted octanol–water partition coefficient (Wildman–Crippen LogP) is 3.80. The van der Waals surface area contributed by atoms with Gasteiger partial charge >= 0.3 is 0 Å². The predicted molar refractivity (Wildman–Crippen MR) is 74.6 cm³/mol. The second-order valence-corrected chi connectivity index (χ2v) is 4.83. The SMILES string of the molecule is c1ccc(Cc2nnsc2-c2ccccc2)cc1. The van der Waals surface area contributed by atoms with E-state index in [1.165, 1.54) is 27.5 Å². The lowest BCUT2D eigenvalue weighted by atomic mass is 10.1. The van der Waals surface area contributed by atoms with E-state index in [4.69, 9.17) is 0 Å². The third-order valence-electron chi connectivity index (χ3n) is 2.81. The fourth-order valence-corrected chi connectivity index (χ4v) is 2.60. The summed E-state index contributed by atoms with van der Waals surface area (Å²) < 4.78 is 4.09. The van der Waals surface area contributed by atoms with E-state index >= 15 is 0 Å². The lowest BCUT2D eigenvalue weighted by molar-refractivity contribution is 1.02. The zero-order chi connectivity index (χ0) is 12.2. The van der Waals surface area contributed by atoms with Crippen molar-refractivity contribution in [1.29, 1.82) is 0 Å². The molecular weight excluding hydrogens is 240 g/mol. The van der Waals surface area contributed by atoms with Crippen molar-refractivity contribution in [3.8, 4) is 10.4 Å². The van der Waals surface area contributed by atoms with Crippen LogP contribution in [0.4, 0.5) is 0 Å². The first-order valence-electron chi connectivity index (χ1n) is 5.84. The van der Waals surface area contributed by atoms with Crippen LogP contribution in [0, 0.1) is 0 Å². The van der Waals surface area contributed by atoms with Gasteiger partial charge in [0.2, 0.25) is 0 Å². The Labute approximate surface area is 110 Å². The van der Waals surface area contributed by atoms with Crippen LogP contribution in [0.1, 0.15) is 11.3 Å². The molecule has 0 bridgehead atoms. The topological polar surface area (TPSA) is 25.8 Å². The van der Waals surface area contributed by atoms with Crippen molar-refractivity contribution in [3.05, 3.63) is 71.9 Å². The highest BCUT2D eigenvalue weighted by Gasteiger charge is 2.10. The van der Waals surface area contributed by atoms with Crippen molar-refractivity contribution < 1.29 is 0 Å². The summed E-state index contributed by atoms with van der Waals surface area (Å²) in [6.07, 6.45) is 0.835. The van der Waals surface area contributed by atoms with Crippen LogP contribution in [0.2, 0.25) is 0 Å². The van der Waals surface area contributed by atoms with E-state index in [9.17, 15) is 0 Å². The molecule has 0 aliphatic carbocycles. The Morgan fingerprint density at radius 3 is 2.22 bits per heavy atom. The Balaban J connectivity index is 1.93. The van der Waals surface area contributed by atoms with Gasteiger partial charge in [-0.05, 0) is 22.7 Å². The summed E-state index contributed by atoms with van der Waals surface area (Å²) >= 11 is 1.46. The molecule has 0 saturated carbocycles. The molecule has 2 aromatic carbocycles. The summed E-state index contributed by atoms with van der Waals surface area (Å²) in [6.45, 7) is 0. The minimum atomic E-state index is 0.835. The van der Waals surface area contributed by atoms with Gasteiger partial charge in [-0.15, -0.1) is 5.10 Å². The van der Waals surface area contributed by atoms with E-state index in [-0.39, 0.29) is 0 Å². The van der Waals surface area contributed by atoms with Crippen LogP contribution < -0.4 is 0 Å². The molecule has 88 valence electrons. The van der Waals surface area contributed by atoms with Crippen LogP contribution in [-0.4, -0.2) is 9.59 Å². The molecule has 0 radical (unpaired) electrons. The maximum absolute atomic E-state index is 4.26. The van der Waals surface area contributed by atoms with E-state index in [1.54, 1.807) is 0 Å². The minimum absolute atomic E-state index is 0.835. The van der Waals surface area contributed by atoms with Crippen LogP contribution in [0.5, 0.6) is 0 Å². The third kappa shape index (κ3) is 2.31. The van der Waals surface area contributed by atoms with Crippen molar-refractivity contribution in [3.63, 3.8) is 0 Å². The quantitative estimate of drug-likeness (QED) is 0.708. The first-order valence-corrected chi connectivity index (χ1v) is 6.61. The molecule has 0 saturated heterocycles. The van der Waals surface area contributed by atoms with E-state index in [0.717, 1.165) is 12.1 Å². The maximum Gasteiger partial charge on any atom is 0.0878 e. The summed E-state index contributed by atoms with van der Waals surface area (Å²) in [5.74, 6) is 0. The fourth-order valence-electron chi connectivity index (χ4n) is 1.92. The molecule has 2 nitrogen and oxygen atoms in total. The van der Waals surface area contributed by atoms with Crippen LogP contribution in [0.25, 0.3) is 10.4 Å². The number of hydrogen-bond acceptors (Lipinski definition) is 3. The number of aromatic nitrogens is 2. The van der Waals surface area contributed by atoms with Gasteiger partial charge in [0, 0.05) is 6.42 Å². The van der Waals surface area contributed by atoms with Crippen LogP contribution in [-0.2, 0) is 6.42 Å². The van der Waals surface area contributed by atoms with Gasteiger partial charge in [-0.2, -0.15) is 0 Å². The Bertz CT molecular complexity index is 617. The maximum atomic E-state index is 4.26. The Kier molecular flexibility index (Phi) is 3.15. The minimum Gasteiger partial charge on any atom is -0.142 e. The first kappa shape index (κ1) is 11.1. The van der Waals surface area contributed by atoms with E-state index in [1.807, 2.05) is 24.3 Å². The van der Waals surface area contributed by atoms with Crippen LogP contribution in [0.3, 0.4) is 0 Å². The van der Waals surface area contributed by atoms with Crippen LogP contribution in [0.15, 0.2) is 60.7 Å². The number of hydrogen-bond donors (Lipinski definition) is 0. The third-order valence-corrected chi connectivity index (χ3v) is 3.62. The van der Waals surface area contributed by atoms with Gasteiger partial charge in [0.25, 0.3) is 0 Å². The van der Waals surface area contributed by atoms with Crippen LogP contribution >= 0.6 is 11.5 Å². The lowest BCUT2D eigenvalue weighted by Crippen LogP contribution is -1.90. The van der Waals surface area contributed by atoms with E-state index < -0.39 is 0 Å². The highest BCUT2D eigenvalue weighted by Crippen LogP contribution is 2.27. The molecule has 0 atom stereocenters. The summed E-state index contributed by atoms with van der Waals surface area (Å²) in [5, 5.41) is 4.26. The van der Waals surface area contributed by atoms with Crippen molar-refractivity contribution >= 4 is 11.5 Å².